The van der Waals surface area contributed by atoms with Gasteiger partial charge >= 0.3 is 0 Å². The Morgan fingerprint density at radius 1 is 1.02 bits per heavy atom. The fourth-order valence-corrected chi connectivity index (χ4v) is 5.41. The Bertz CT molecular complexity index is 1420. The fourth-order valence-electron chi connectivity index (χ4n) is 4.77. The minimum atomic E-state index is -0.610. The molecular formula is C30H38N6O3Si. The molecule has 1 aliphatic heterocycles. The number of carbonyl (C=O) groups excluding carboxylic acids is 1. The maximum absolute atomic E-state index is 11.5. The number of hydrogen-bond donors (Lipinski definition) is 0. The largest absolute Gasteiger partial charge is 0.439 e. The maximum Gasteiger partial charge on any atom is 0.219 e. The number of fused-ring (bicyclic) bond motifs is 1. The van der Waals surface area contributed by atoms with E-state index in [4.69, 9.17) is 14.5 Å². The molecule has 210 valence electrons. The van der Waals surface area contributed by atoms with Crippen molar-refractivity contribution in [2.24, 2.45) is 0 Å². The van der Waals surface area contributed by atoms with E-state index in [0.717, 1.165) is 85.4 Å². The van der Waals surface area contributed by atoms with Crippen LogP contribution in [0.2, 0.25) is 19.1 Å². The molecule has 1 fully saturated rings. The summed E-state index contributed by atoms with van der Waals surface area (Å²) in [4.78, 5) is 25.2. The van der Waals surface area contributed by atoms with Gasteiger partial charge in [0, 0.05) is 96.6 Å². The number of rotatable bonds is 11. The van der Waals surface area contributed by atoms with Crippen molar-refractivity contribution >= 4 is 25.6 Å². The number of aromatic nitrogens is 4. The van der Waals surface area contributed by atoms with E-state index in [-0.39, 0.29) is 5.91 Å². The highest BCUT2D eigenvalue weighted by molar-refractivity contribution is 6.55. The lowest BCUT2D eigenvalue weighted by molar-refractivity contribution is -0.130. The molecule has 0 atom stereocenters. The highest BCUT2D eigenvalue weighted by atomic mass is 28.3. The lowest BCUT2D eigenvalue weighted by Crippen LogP contribution is -2.48. The number of hydrogen-bond acceptors (Lipinski definition) is 7. The summed E-state index contributed by atoms with van der Waals surface area (Å²) in [5.74, 6) is 1.41. The average Bonchev–Trinajstić information content (AvgIpc) is 3.43. The SMILES string of the molecule is CC(=O)N1CCN(CCc2ccc3cc(Oc4ccc(-c5ccnn5COCC[SiH](C)C)cn4)ccc3n2)CC1. The summed E-state index contributed by atoms with van der Waals surface area (Å²) in [6.45, 7) is 11.9. The number of benzene rings is 1. The number of ether oxygens (including phenoxy) is 2. The number of nitrogens with zero attached hydrogens (tertiary/aromatic N) is 6. The third-order valence-corrected chi connectivity index (χ3v) is 8.63. The Hall–Kier alpha value is -3.60. The van der Waals surface area contributed by atoms with Crippen LogP contribution < -0.4 is 4.74 Å². The molecule has 0 N–H and O–H groups in total. The van der Waals surface area contributed by atoms with E-state index in [1.165, 1.54) is 0 Å². The molecule has 0 spiro atoms. The molecule has 10 heteroatoms. The van der Waals surface area contributed by atoms with E-state index in [9.17, 15) is 4.79 Å². The molecule has 9 nitrogen and oxygen atoms in total. The fraction of sp³-hybridized carbons (Fsp3) is 0.400. The molecule has 0 unspecified atom stereocenters. The van der Waals surface area contributed by atoms with Crippen LogP contribution in [-0.4, -0.2) is 83.6 Å². The summed E-state index contributed by atoms with van der Waals surface area (Å²) in [5, 5.41) is 5.43. The van der Waals surface area contributed by atoms with Gasteiger partial charge in [0.25, 0.3) is 0 Å². The molecular weight excluding hydrogens is 520 g/mol. The number of carbonyl (C=O) groups is 1. The van der Waals surface area contributed by atoms with Crippen LogP contribution in [0.3, 0.4) is 0 Å². The molecule has 4 heterocycles. The van der Waals surface area contributed by atoms with Crippen LogP contribution >= 0.6 is 0 Å². The summed E-state index contributed by atoms with van der Waals surface area (Å²) in [6, 6.07) is 17.1. The summed E-state index contributed by atoms with van der Waals surface area (Å²) in [7, 11) is -0.610. The van der Waals surface area contributed by atoms with Gasteiger partial charge in [0.05, 0.1) is 11.2 Å². The Morgan fingerprint density at radius 2 is 1.88 bits per heavy atom. The van der Waals surface area contributed by atoms with Crippen molar-refractivity contribution in [3.63, 3.8) is 0 Å². The van der Waals surface area contributed by atoms with Gasteiger partial charge in [-0.15, -0.1) is 0 Å². The molecule has 4 aromatic rings. The van der Waals surface area contributed by atoms with Crippen molar-refractivity contribution < 1.29 is 14.3 Å². The predicted molar refractivity (Wildman–Crippen MR) is 159 cm³/mol. The van der Waals surface area contributed by atoms with Crippen LogP contribution in [0.25, 0.3) is 22.2 Å². The van der Waals surface area contributed by atoms with Crippen LogP contribution in [0, 0.1) is 0 Å². The molecule has 5 rings (SSSR count). The second-order valence-corrected chi connectivity index (χ2v) is 14.0. The van der Waals surface area contributed by atoms with Gasteiger partial charge < -0.3 is 14.4 Å². The number of pyridine rings is 2. The van der Waals surface area contributed by atoms with Gasteiger partial charge in [-0.25, -0.2) is 9.67 Å². The Kier molecular flexibility index (Phi) is 9.20. The van der Waals surface area contributed by atoms with Crippen LogP contribution in [0.4, 0.5) is 0 Å². The Balaban J connectivity index is 1.16. The van der Waals surface area contributed by atoms with Crippen molar-refractivity contribution in [1.82, 2.24) is 29.5 Å². The van der Waals surface area contributed by atoms with E-state index in [0.29, 0.717) is 12.6 Å². The van der Waals surface area contributed by atoms with E-state index in [2.05, 4.69) is 40.2 Å². The van der Waals surface area contributed by atoms with Gasteiger partial charge in [-0.05, 0) is 42.4 Å². The van der Waals surface area contributed by atoms with E-state index in [1.807, 2.05) is 46.0 Å². The second-order valence-electron chi connectivity index (χ2n) is 10.7. The third kappa shape index (κ3) is 7.32. The van der Waals surface area contributed by atoms with Crippen molar-refractivity contribution in [3.8, 4) is 22.9 Å². The van der Waals surface area contributed by atoms with Crippen LogP contribution in [0.15, 0.2) is 60.9 Å². The zero-order valence-electron chi connectivity index (χ0n) is 23.6. The van der Waals surface area contributed by atoms with Gasteiger partial charge in [-0.2, -0.15) is 5.10 Å². The molecule has 3 aromatic heterocycles. The Morgan fingerprint density at radius 3 is 2.62 bits per heavy atom. The molecule has 0 saturated carbocycles. The zero-order valence-corrected chi connectivity index (χ0v) is 24.8. The molecule has 0 aliphatic carbocycles. The lowest BCUT2D eigenvalue weighted by Gasteiger charge is -2.34. The third-order valence-electron chi connectivity index (χ3n) is 7.24. The first-order valence-electron chi connectivity index (χ1n) is 14.1. The number of piperazine rings is 1. The normalized spacial score (nSPS) is 14.2. The summed E-state index contributed by atoms with van der Waals surface area (Å²) in [6.07, 6.45) is 4.47. The van der Waals surface area contributed by atoms with Crippen molar-refractivity contribution in [3.05, 3.63) is 66.6 Å². The van der Waals surface area contributed by atoms with Crippen molar-refractivity contribution in [2.75, 3.05) is 39.3 Å². The molecule has 40 heavy (non-hydrogen) atoms. The van der Waals surface area contributed by atoms with Crippen LogP contribution in [0.5, 0.6) is 11.6 Å². The van der Waals surface area contributed by atoms with Crippen molar-refractivity contribution in [1.29, 1.82) is 0 Å². The van der Waals surface area contributed by atoms with Gasteiger partial charge in [-0.3, -0.25) is 14.7 Å². The summed E-state index contributed by atoms with van der Waals surface area (Å²) < 4.78 is 13.7. The highest BCUT2D eigenvalue weighted by Crippen LogP contribution is 2.26. The van der Waals surface area contributed by atoms with Crippen molar-refractivity contribution in [2.45, 2.75) is 39.2 Å². The molecule has 0 bridgehead atoms. The molecule has 1 aromatic carbocycles. The van der Waals surface area contributed by atoms with E-state index in [1.54, 1.807) is 19.3 Å². The second kappa shape index (κ2) is 13.2. The van der Waals surface area contributed by atoms with Gasteiger partial charge in [0.1, 0.15) is 12.5 Å². The minimum Gasteiger partial charge on any atom is -0.439 e. The minimum absolute atomic E-state index is 0.162. The quantitative estimate of drug-likeness (QED) is 0.199. The van der Waals surface area contributed by atoms with Crippen LogP contribution in [0.1, 0.15) is 12.6 Å². The first-order chi connectivity index (χ1) is 19.4. The summed E-state index contributed by atoms with van der Waals surface area (Å²) in [5.41, 5.74) is 3.94. The summed E-state index contributed by atoms with van der Waals surface area (Å²) >= 11 is 0. The van der Waals surface area contributed by atoms with Gasteiger partial charge in [-0.1, -0.05) is 19.2 Å². The molecule has 0 radical (unpaired) electrons. The zero-order chi connectivity index (χ0) is 27.9. The number of amides is 1. The smallest absolute Gasteiger partial charge is 0.219 e. The standard InChI is InChI=1S/C30H38N6O3Si/c1-23(37)35-16-14-34(15-17-35)13-11-26-6-4-24-20-27(7-8-28(24)33-26)39-30-9-5-25(21-31-30)29-10-12-32-36(29)22-38-18-19-40(2)3/h4-10,12,20-21,40H,11,13-19,22H2,1-3H3. The molecule has 1 saturated heterocycles. The van der Waals surface area contributed by atoms with Crippen LogP contribution in [-0.2, 0) is 22.7 Å². The average molecular weight is 559 g/mol. The first kappa shape index (κ1) is 27.9. The Labute approximate surface area is 237 Å². The topological polar surface area (TPSA) is 85.6 Å². The first-order valence-corrected chi connectivity index (χ1v) is 17.2. The molecule has 1 amide bonds. The molecule has 1 aliphatic rings. The monoisotopic (exact) mass is 558 g/mol. The van der Waals surface area contributed by atoms with Gasteiger partial charge in [0.2, 0.25) is 11.8 Å². The predicted octanol–water partition coefficient (Wildman–Crippen LogP) is 4.45. The van der Waals surface area contributed by atoms with E-state index >= 15 is 0 Å². The lowest BCUT2D eigenvalue weighted by atomic mass is 10.1. The van der Waals surface area contributed by atoms with E-state index < -0.39 is 8.80 Å². The van der Waals surface area contributed by atoms with Gasteiger partial charge in [0.15, 0.2) is 0 Å². The maximum atomic E-state index is 11.5. The highest BCUT2D eigenvalue weighted by Gasteiger charge is 2.18.